The highest BCUT2D eigenvalue weighted by Gasteiger charge is 2.33. The van der Waals surface area contributed by atoms with E-state index in [2.05, 4.69) is 15.0 Å². The largest absolute Gasteiger partial charge is 0.433 e. The van der Waals surface area contributed by atoms with Crippen molar-refractivity contribution < 1.29 is 22.8 Å². The lowest BCUT2D eigenvalue weighted by Gasteiger charge is -2.36. The Labute approximate surface area is 217 Å². The summed E-state index contributed by atoms with van der Waals surface area (Å²) in [5, 5.41) is 5.41. The van der Waals surface area contributed by atoms with Crippen LogP contribution in [0, 0.1) is 0 Å². The Morgan fingerprint density at radius 2 is 1.78 bits per heavy atom. The molecular weight excluding hydrogens is 507 g/mol. The summed E-state index contributed by atoms with van der Waals surface area (Å²) < 4.78 is 40.4. The normalized spacial score (nSPS) is 17.6. The topological polar surface area (TPSA) is 71.3 Å². The van der Waals surface area contributed by atoms with Crippen molar-refractivity contribution in [2.24, 2.45) is 0 Å². The van der Waals surface area contributed by atoms with Gasteiger partial charge in [0.15, 0.2) is 5.78 Å². The molecule has 1 amide bonds. The zero-order valence-corrected chi connectivity index (χ0v) is 20.9. The number of carbonyl (C=O) groups is 2. The van der Waals surface area contributed by atoms with Gasteiger partial charge >= 0.3 is 6.18 Å². The fourth-order valence-electron chi connectivity index (χ4n) is 5.20. The van der Waals surface area contributed by atoms with Crippen molar-refractivity contribution in [2.75, 3.05) is 26.2 Å². The average molecular weight is 534 g/mol. The first-order valence-electron chi connectivity index (χ1n) is 12.4. The summed E-state index contributed by atoms with van der Waals surface area (Å²) in [6.45, 7) is 3.89. The van der Waals surface area contributed by atoms with E-state index in [-0.39, 0.29) is 29.6 Å². The molecule has 7 nitrogen and oxygen atoms in total. The van der Waals surface area contributed by atoms with E-state index in [9.17, 15) is 22.8 Å². The Morgan fingerprint density at radius 1 is 1.05 bits per heavy atom. The van der Waals surface area contributed by atoms with Gasteiger partial charge in [-0.1, -0.05) is 17.7 Å². The Balaban J connectivity index is 1.24. The number of nitrogens with zero attached hydrogens (tertiary/aromatic N) is 5. The maximum atomic E-state index is 13.0. The van der Waals surface area contributed by atoms with Crippen molar-refractivity contribution in [3.8, 4) is 0 Å². The Morgan fingerprint density at radius 3 is 2.49 bits per heavy atom. The van der Waals surface area contributed by atoms with E-state index in [1.165, 1.54) is 18.9 Å². The summed E-state index contributed by atoms with van der Waals surface area (Å²) in [7, 11) is 0. The van der Waals surface area contributed by atoms with E-state index in [0.29, 0.717) is 22.5 Å². The van der Waals surface area contributed by atoms with E-state index in [4.69, 9.17) is 11.6 Å². The highest BCUT2D eigenvalue weighted by Crippen LogP contribution is 2.29. The SMILES string of the molecule is O=C(Cc1cc2cn(CC(=O)N3CCC(N4CCCC4)CC3)nc2cc1Cl)c1cccc(C(F)(F)F)n1. The van der Waals surface area contributed by atoms with Crippen LogP contribution >= 0.6 is 11.6 Å². The fourth-order valence-corrected chi connectivity index (χ4v) is 5.42. The molecule has 0 bridgehead atoms. The van der Waals surface area contributed by atoms with Crippen LogP contribution in [0.5, 0.6) is 0 Å². The van der Waals surface area contributed by atoms with Crippen molar-refractivity contribution in [3.05, 3.63) is 58.5 Å². The van der Waals surface area contributed by atoms with Crippen LogP contribution in [0.3, 0.4) is 0 Å². The first kappa shape index (κ1) is 25.7. The van der Waals surface area contributed by atoms with Crippen LogP contribution in [0.25, 0.3) is 10.9 Å². The lowest BCUT2D eigenvalue weighted by atomic mass is 10.0. The standard InChI is InChI=1S/C26H27ClF3N5O2/c27-20-14-22-18(12-17(20)13-23(36)21-4-3-5-24(31-21)26(28,29)30)15-35(32-22)16-25(37)34-10-6-19(7-11-34)33-8-1-2-9-33/h3-5,12,14-15,19H,1-2,6-11,13,16H2. The predicted octanol–water partition coefficient (Wildman–Crippen LogP) is 4.62. The number of aromatic nitrogens is 3. The molecule has 2 aliphatic rings. The van der Waals surface area contributed by atoms with Crippen molar-refractivity contribution in [1.29, 1.82) is 0 Å². The number of piperidine rings is 1. The summed E-state index contributed by atoms with van der Waals surface area (Å²) in [6.07, 6.45) is 1.36. The van der Waals surface area contributed by atoms with E-state index in [1.54, 1.807) is 23.0 Å². The molecule has 37 heavy (non-hydrogen) atoms. The molecule has 2 aliphatic heterocycles. The van der Waals surface area contributed by atoms with Gasteiger partial charge in [-0.05, 0) is 68.6 Å². The van der Waals surface area contributed by atoms with Gasteiger partial charge in [0.2, 0.25) is 5.91 Å². The van der Waals surface area contributed by atoms with Crippen LogP contribution in [-0.2, 0) is 23.9 Å². The van der Waals surface area contributed by atoms with E-state index >= 15 is 0 Å². The molecule has 196 valence electrons. The summed E-state index contributed by atoms with van der Waals surface area (Å²) in [5.74, 6) is -0.572. The Bertz CT molecular complexity index is 1310. The first-order valence-corrected chi connectivity index (χ1v) is 12.8. The predicted molar refractivity (Wildman–Crippen MR) is 132 cm³/mol. The van der Waals surface area contributed by atoms with Gasteiger partial charge in [0.05, 0.1) is 5.52 Å². The number of hydrogen-bond donors (Lipinski definition) is 0. The second kappa shape index (κ2) is 10.4. The number of likely N-dealkylation sites (tertiary alicyclic amines) is 2. The minimum Gasteiger partial charge on any atom is -0.341 e. The molecular formula is C26H27ClF3N5O2. The molecule has 2 fully saturated rings. The van der Waals surface area contributed by atoms with Crippen molar-refractivity contribution in [1.82, 2.24) is 24.6 Å². The molecule has 5 rings (SSSR count). The molecule has 0 unspecified atom stereocenters. The molecule has 0 saturated carbocycles. The van der Waals surface area contributed by atoms with Crippen LogP contribution in [0.2, 0.25) is 5.02 Å². The number of hydrogen-bond acceptors (Lipinski definition) is 5. The van der Waals surface area contributed by atoms with Crippen molar-refractivity contribution in [3.63, 3.8) is 0 Å². The lowest BCUT2D eigenvalue weighted by molar-refractivity contribution is -0.141. The van der Waals surface area contributed by atoms with Crippen LogP contribution in [0.15, 0.2) is 36.5 Å². The summed E-state index contributed by atoms with van der Waals surface area (Å²) in [6, 6.07) is 7.07. The average Bonchev–Trinajstić information content (AvgIpc) is 3.54. The molecule has 2 saturated heterocycles. The van der Waals surface area contributed by atoms with E-state index in [1.807, 2.05) is 4.90 Å². The molecule has 0 atom stereocenters. The molecule has 0 radical (unpaired) electrons. The van der Waals surface area contributed by atoms with Crippen LogP contribution in [0.4, 0.5) is 13.2 Å². The summed E-state index contributed by atoms with van der Waals surface area (Å²) in [4.78, 5) is 33.4. The summed E-state index contributed by atoms with van der Waals surface area (Å²) in [5.41, 5.74) is -0.376. The Hall–Kier alpha value is -2.98. The maximum absolute atomic E-state index is 13.0. The molecule has 1 aromatic carbocycles. The Kier molecular flexibility index (Phi) is 7.22. The zero-order chi connectivity index (χ0) is 26.2. The van der Waals surface area contributed by atoms with Gasteiger partial charge in [-0.3, -0.25) is 14.3 Å². The first-order chi connectivity index (χ1) is 17.7. The number of amides is 1. The van der Waals surface area contributed by atoms with Gasteiger partial charge in [-0.2, -0.15) is 18.3 Å². The number of alkyl halides is 3. The second-order valence-corrected chi connectivity index (χ2v) is 10.1. The molecule has 11 heteroatoms. The van der Waals surface area contributed by atoms with Gasteiger partial charge in [-0.25, -0.2) is 4.98 Å². The van der Waals surface area contributed by atoms with Gasteiger partial charge in [-0.15, -0.1) is 0 Å². The number of ketones is 1. The monoisotopic (exact) mass is 533 g/mol. The molecule has 0 aliphatic carbocycles. The third kappa shape index (κ3) is 5.80. The quantitative estimate of drug-likeness (QED) is 0.433. The number of Topliss-reactive ketones (excluding diaryl/α,β-unsaturated/α-hetero) is 1. The number of pyridine rings is 1. The smallest absolute Gasteiger partial charge is 0.341 e. The molecule has 4 heterocycles. The van der Waals surface area contributed by atoms with Gasteiger partial charge in [0.25, 0.3) is 0 Å². The van der Waals surface area contributed by atoms with Crippen LogP contribution in [0.1, 0.15) is 47.4 Å². The van der Waals surface area contributed by atoms with Crippen molar-refractivity contribution >= 4 is 34.2 Å². The number of fused-ring (bicyclic) bond motifs is 1. The molecule has 0 N–H and O–H groups in total. The van der Waals surface area contributed by atoms with E-state index < -0.39 is 17.7 Å². The lowest BCUT2D eigenvalue weighted by Crippen LogP contribution is -2.46. The van der Waals surface area contributed by atoms with Crippen LogP contribution in [-0.4, -0.2) is 68.5 Å². The highest BCUT2D eigenvalue weighted by atomic mass is 35.5. The second-order valence-electron chi connectivity index (χ2n) is 9.69. The third-order valence-corrected chi connectivity index (χ3v) is 7.52. The minimum atomic E-state index is -4.64. The molecule has 3 aromatic rings. The summed E-state index contributed by atoms with van der Waals surface area (Å²) >= 11 is 6.36. The van der Waals surface area contributed by atoms with Gasteiger partial charge in [0, 0.05) is 42.2 Å². The number of benzene rings is 1. The third-order valence-electron chi connectivity index (χ3n) is 7.17. The molecule has 2 aromatic heterocycles. The number of rotatable bonds is 6. The van der Waals surface area contributed by atoms with Crippen LogP contribution < -0.4 is 0 Å². The minimum absolute atomic E-state index is 0.00444. The maximum Gasteiger partial charge on any atom is 0.433 e. The van der Waals surface area contributed by atoms with Crippen molar-refractivity contribution in [2.45, 2.75) is 50.9 Å². The van der Waals surface area contributed by atoms with E-state index in [0.717, 1.165) is 51.2 Å². The zero-order valence-electron chi connectivity index (χ0n) is 20.2. The highest BCUT2D eigenvalue weighted by molar-refractivity contribution is 6.32. The number of halogens is 4. The number of carbonyl (C=O) groups excluding carboxylic acids is 2. The van der Waals surface area contributed by atoms with Gasteiger partial charge in [0.1, 0.15) is 17.9 Å². The fraction of sp³-hybridized carbons (Fsp3) is 0.462. The van der Waals surface area contributed by atoms with Gasteiger partial charge < -0.3 is 9.80 Å². The molecule has 0 spiro atoms.